The average molecular weight is 399 g/mol. The molecule has 1 amide bonds. The maximum absolute atomic E-state index is 13.4. The van der Waals surface area contributed by atoms with Crippen molar-refractivity contribution in [3.05, 3.63) is 34.7 Å². The van der Waals surface area contributed by atoms with Crippen LogP contribution in [-0.2, 0) is 11.0 Å². The van der Waals surface area contributed by atoms with Crippen LogP contribution in [0.1, 0.15) is 31.4 Å². The third kappa shape index (κ3) is 4.77. The number of alkyl halides is 3. The van der Waals surface area contributed by atoms with Gasteiger partial charge in [-0.05, 0) is 30.9 Å². The fraction of sp³-hybridized carbons (Fsp3) is 0.353. The molecule has 4 nitrogen and oxygen atoms in total. The van der Waals surface area contributed by atoms with Crippen molar-refractivity contribution < 1.29 is 18.0 Å². The second-order valence-corrected chi connectivity index (χ2v) is 7.65. The lowest BCUT2D eigenvalue weighted by molar-refractivity contribution is -0.138. The fourth-order valence-electron chi connectivity index (χ4n) is 2.10. The Morgan fingerprint density at radius 2 is 2.23 bits per heavy atom. The maximum atomic E-state index is 13.4. The molecular formula is C17H16F3N3OS2. The molecule has 26 heavy (non-hydrogen) atoms. The van der Waals surface area contributed by atoms with Crippen molar-refractivity contribution in [1.82, 2.24) is 10.3 Å². The van der Waals surface area contributed by atoms with Gasteiger partial charge in [0.1, 0.15) is 11.1 Å². The standard InChI is InChI=1S/C17H16F3N3OS2/c1-3-6-22-15(24)10(2)26-16-11(9-21)12(17(18,19)20)8-13(23-16)14-5-4-7-25-14/h4-5,7-8,10H,3,6H2,1-2H3,(H,22,24)/t10-/m1/s1. The number of nitrogens with zero attached hydrogens (tertiary/aromatic N) is 2. The molecule has 1 N–H and O–H groups in total. The lowest BCUT2D eigenvalue weighted by Crippen LogP contribution is -2.31. The zero-order valence-corrected chi connectivity index (χ0v) is 15.7. The number of hydrogen-bond donors (Lipinski definition) is 1. The number of rotatable bonds is 6. The molecule has 0 radical (unpaired) electrons. The summed E-state index contributed by atoms with van der Waals surface area (Å²) < 4.78 is 40.3. The SMILES string of the molecule is CCCNC(=O)[C@@H](C)Sc1nc(-c2cccs2)cc(C(F)(F)F)c1C#N. The first kappa shape index (κ1) is 20.3. The van der Waals surface area contributed by atoms with Gasteiger partial charge in [-0.2, -0.15) is 18.4 Å². The van der Waals surface area contributed by atoms with Crippen LogP contribution in [-0.4, -0.2) is 22.7 Å². The number of amides is 1. The van der Waals surface area contributed by atoms with Gasteiger partial charge in [0.05, 0.1) is 26.9 Å². The Bertz CT molecular complexity index is 814. The summed E-state index contributed by atoms with van der Waals surface area (Å²) in [6.45, 7) is 3.95. The number of pyridine rings is 1. The molecule has 0 fully saturated rings. The summed E-state index contributed by atoms with van der Waals surface area (Å²) >= 11 is 2.11. The molecule has 0 spiro atoms. The number of nitrogens with one attached hydrogen (secondary N) is 1. The Kier molecular flexibility index (Phi) is 6.67. The van der Waals surface area contributed by atoms with E-state index >= 15 is 0 Å². The van der Waals surface area contributed by atoms with Crippen molar-refractivity contribution in [2.75, 3.05) is 6.54 Å². The van der Waals surface area contributed by atoms with E-state index in [9.17, 15) is 23.2 Å². The van der Waals surface area contributed by atoms with Crippen LogP contribution in [0.2, 0.25) is 0 Å². The molecule has 0 aliphatic rings. The molecule has 9 heteroatoms. The highest BCUT2D eigenvalue weighted by atomic mass is 32.2. The topological polar surface area (TPSA) is 65.8 Å². The molecule has 2 aromatic rings. The third-order valence-electron chi connectivity index (χ3n) is 3.38. The van der Waals surface area contributed by atoms with E-state index in [2.05, 4.69) is 10.3 Å². The molecular weight excluding hydrogens is 383 g/mol. The number of hydrogen-bond acceptors (Lipinski definition) is 5. The van der Waals surface area contributed by atoms with Crippen LogP contribution in [0.3, 0.4) is 0 Å². The normalized spacial score (nSPS) is 12.5. The van der Waals surface area contributed by atoms with Crippen molar-refractivity contribution in [2.45, 2.75) is 36.7 Å². The number of carbonyl (C=O) groups excluding carboxylic acids is 1. The zero-order chi connectivity index (χ0) is 19.3. The second kappa shape index (κ2) is 8.56. The van der Waals surface area contributed by atoms with Gasteiger partial charge >= 0.3 is 6.18 Å². The molecule has 2 rings (SSSR count). The van der Waals surface area contributed by atoms with Gasteiger partial charge in [0, 0.05) is 6.54 Å². The quantitative estimate of drug-likeness (QED) is 0.715. The van der Waals surface area contributed by atoms with Crippen molar-refractivity contribution in [1.29, 1.82) is 5.26 Å². The van der Waals surface area contributed by atoms with E-state index in [1.54, 1.807) is 30.5 Å². The van der Waals surface area contributed by atoms with Gasteiger partial charge in [-0.15, -0.1) is 11.3 Å². The average Bonchev–Trinajstić information content (AvgIpc) is 3.12. The zero-order valence-electron chi connectivity index (χ0n) is 14.1. The van der Waals surface area contributed by atoms with Gasteiger partial charge < -0.3 is 5.32 Å². The van der Waals surface area contributed by atoms with Gasteiger partial charge in [-0.1, -0.05) is 24.8 Å². The van der Waals surface area contributed by atoms with Crippen molar-refractivity contribution in [3.63, 3.8) is 0 Å². The van der Waals surface area contributed by atoms with Gasteiger partial charge in [0.25, 0.3) is 0 Å². The molecule has 0 aliphatic carbocycles. The number of aromatic nitrogens is 1. The predicted molar refractivity (Wildman–Crippen MR) is 95.9 cm³/mol. The van der Waals surface area contributed by atoms with Crippen LogP contribution in [0.25, 0.3) is 10.6 Å². The summed E-state index contributed by atoms with van der Waals surface area (Å²) in [5, 5.41) is 12.9. The van der Waals surface area contributed by atoms with E-state index in [4.69, 9.17) is 0 Å². The Labute approximate surface area is 157 Å². The van der Waals surface area contributed by atoms with Gasteiger partial charge in [-0.3, -0.25) is 4.79 Å². The molecule has 0 saturated carbocycles. The smallest absolute Gasteiger partial charge is 0.355 e. The number of thioether (sulfide) groups is 1. The summed E-state index contributed by atoms with van der Waals surface area (Å²) in [6, 6.07) is 5.85. The van der Waals surface area contributed by atoms with Crippen LogP contribution in [0.4, 0.5) is 13.2 Å². The van der Waals surface area contributed by atoms with E-state index in [1.807, 2.05) is 6.92 Å². The molecule has 2 heterocycles. The molecule has 0 aliphatic heterocycles. The maximum Gasteiger partial charge on any atom is 0.417 e. The lowest BCUT2D eigenvalue weighted by Gasteiger charge is -2.16. The summed E-state index contributed by atoms with van der Waals surface area (Å²) in [5.41, 5.74) is -1.46. The number of carbonyl (C=O) groups is 1. The molecule has 0 saturated heterocycles. The van der Waals surface area contributed by atoms with Gasteiger partial charge in [-0.25, -0.2) is 4.98 Å². The molecule has 0 aromatic carbocycles. The largest absolute Gasteiger partial charge is 0.417 e. The van der Waals surface area contributed by atoms with Crippen LogP contribution >= 0.6 is 23.1 Å². The minimum Gasteiger partial charge on any atom is -0.355 e. The molecule has 138 valence electrons. The van der Waals surface area contributed by atoms with Crippen LogP contribution in [0.5, 0.6) is 0 Å². The summed E-state index contributed by atoms with van der Waals surface area (Å²) in [4.78, 5) is 16.8. The highest BCUT2D eigenvalue weighted by Crippen LogP contribution is 2.39. The van der Waals surface area contributed by atoms with E-state index in [-0.39, 0.29) is 16.6 Å². The number of halogens is 3. The summed E-state index contributed by atoms with van der Waals surface area (Å²) in [5.74, 6) is -0.308. The van der Waals surface area contributed by atoms with Gasteiger partial charge in [0.15, 0.2) is 0 Å². The van der Waals surface area contributed by atoms with Crippen LogP contribution in [0.15, 0.2) is 28.6 Å². The van der Waals surface area contributed by atoms with Gasteiger partial charge in [0.2, 0.25) is 5.91 Å². The van der Waals surface area contributed by atoms with E-state index < -0.39 is 22.6 Å². The third-order valence-corrected chi connectivity index (χ3v) is 5.36. The van der Waals surface area contributed by atoms with E-state index in [1.165, 1.54) is 11.3 Å². The van der Waals surface area contributed by atoms with Crippen molar-refractivity contribution in [3.8, 4) is 16.6 Å². The first-order valence-corrected chi connectivity index (χ1v) is 9.54. The van der Waals surface area contributed by atoms with E-state index in [0.29, 0.717) is 11.4 Å². The summed E-state index contributed by atoms with van der Waals surface area (Å²) in [6.07, 6.45) is -3.94. The monoisotopic (exact) mass is 399 g/mol. The molecule has 0 unspecified atom stereocenters. The lowest BCUT2D eigenvalue weighted by atomic mass is 10.1. The minimum atomic E-state index is -4.69. The first-order valence-electron chi connectivity index (χ1n) is 7.78. The second-order valence-electron chi connectivity index (χ2n) is 5.37. The molecule has 2 aromatic heterocycles. The number of thiophene rings is 1. The minimum absolute atomic E-state index is 0.0927. The van der Waals surface area contributed by atoms with Crippen LogP contribution in [0, 0.1) is 11.3 Å². The highest BCUT2D eigenvalue weighted by molar-refractivity contribution is 8.00. The Hall–Kier alpha value is -2.05. The Morgan fingerprint density at radius 1 is 1.50 bits per heavy atom. The highest BCUT2D eigenvalue weighted by Gasteiger charge is 2.36. The molecule has 1 atom stereocenters. The van der Waals surface area contributed by atoms with E-state index in [0.717, 1.165) is 24.2 Å². The van der Waals surface area contributed by atoms with Crippen LogP contribution < -0.4 is 5.32 Å². The Morgan fingerprint density at radius 3 is 2.77 bits per heavy atom. The molecule has 0 bridgehead atoms. The number of nitriles is 1. The summed E-state index contributed by atoms with van der Waals surface area (Å²) in [7, 11) is 0. The fourth-order valence-corrected chi connectivity index (χ4v) is 3.74. The van der Waals surface area contributed by atoms with Crippen molar-refractivity contribution >= 4 is 29.0 Å². The predicted octanol–water partition coefficient (Wildman–Crippen LogP) is 4.71. The Balaban J connectivity index is 2.48. The van der Waals surface area contributed by atoms with Crippen molar-refractivity contribution in [2.24, 2.45) is 0 Å². The first-order chi connectivity index (χ1) is 12.3.